The molecule has 0 spiro atoms. The van der Waals surface area contributed by atoms with E-state index in [4.69, 9.17) is 4.42 Å². The van der Waals surface area contributed by atoms with E-state index >= 15 is 0 Å². The molecule has 1 aromatic carbocycles. The van der Waals surface area contributed by atoms with Gasteiger partial charge in [0, 0.05) is 11.0 Å². The minimum atomic E-state index is 0.0214. The molecule has 0 radical (unpaired) electrons. The third kappa shape index (κ3) is 2.56. The van der Waals surface area contributed by atoms with Crippen molar-refractivity contribution in [3.05, 3.63) is 56.9 Å². The fraction of sp³-hybridized carbons (Fsp3) is 0.267. The molecule has 1 saturated heterocycles. The van der Waals surface area contributed by atoms with E-state index in [1.54, 1.807) is 6.07 Å². The van der Waals surface area contributed by atoms with Crippen LogP contribution in [-0.2, 0) is 0 Å². The average molecular weight is 399 g/mol. The van der Waals surface area contributed by atoms with Crippen LogP contribution in [-0.4, -0.2) is 17.4 Å². The normalized spacial score (nSPS) is 18.5. The Morgan fingerprint density at radius 2 is 2.15 bits per heavy atom. The van der Waals surface area contributed by atoms with Gasteiger partial charge in [-0.05, 0) is 52.5 Å². The molecule has 3 rings (SSSR count). The molecule has 1 unspecified atom stereocenters. The molecule has 1 atom stereocenters. The van der Waals surface area contributed by atoms with E-state index in [9.17, 15) is 4.79 Å². The van der Waals surface area contributed by atoms with Crippen molar-refractivity contribution in [3.63, 3.8) is 0 Å². The fourth-order valence-corrected chi connectivity index (χ4v) is 3.50. The second-order valence-corrected chi connectivity index (χ2v) is 6.46. The van der Waals surface area contributed by atoms with Gasteiger partial charge in [-0.1, -0.05) is 28.1 Å². The first-order valence-electron chi connectivity index (χ1n) is 6.46. The molecule has 5 heteroatoms. The Balaban J connectivity index is 1.90. The summed E-state index contributed by atoms with van der Waals surface area (Å²) in [6.07, 6.45) is 3.55. The Labute approximate surface area is 134 Å². The summed E-state index contributed by atoms with van der Waals surface area (Å²) < 4.78 is 6.71. The third-order valence-electron chi connectivity index (χ3n) is 3.60. The van der Waals surface area contributed by atoms with Crippen molar-refractivity contribution < 1.29 is 9.21 Å². The van der Waals surface area contributed by atoms with Gasteiger partial charge in [-0.15, -0.1) is 0 Å². The lowest BCUT2D eigenvalue weighted by Gasteiger charge is -2.25. The number of hydrogen-bond acceptors (Lipinski definition) is 2. The van der Waals surface area contributed by atoms with Gasteiger partial charge in [-0.25, -0.2) is 0 Å². The molecular weight excluding hydrogens is 386 g/mol. The topological polar surface area (TPSA) is 33.5 Å². The number of carbonyl (C=O) groups is 1. The van der Waals surface area contributed by atoms with E-state index < -0.39 is 0 Å². The van der Waals surface area contributed by atoms with Crippen LogP contribution < -0.4 is 0 Å². The number of nitrogens with zero attached hydrogens (tertiary/aromatic N) is 1. The van der Waals surface area contributed by atoms with E-state index in [-0.39, 0.29) is 11.9 Å². The van der Waals surface area contributed by atoms with Crippen molar-refractivity contribution in [2.24, 2.45) is 0 Å². The molecule has 1 amide bonds. The van der Waals surface area contributed by atoms with Gasteiger partial charge in [0.1, 0.15) is 0 Å². The standard InChI is InChI=1S/C15H13Br2NO2/c16-11-4-1-3-10(9-11)13-5-2-7-18(13)15(19)12-6-8-20-14(12)17/h1,3-4,6,8-9,13H,2,5,7H2. The molecule has 0 saturated carbocycles. The van der Waals surface area contributed by atoms with Crippen LogP contribution in [0.5, 0.6) is 0 Å². The lowest BCUT2D eigenvalue weighted by Crippen LogP contribution is -2.30. The molecule has 2 heterocycles. The summed E-state index contributed by atoms with van der Waals surface area (Å²) in [6.45, 7) is 0.785. The van der Waals surface area contributed by atoms with Crippen molar-refractivity contribution in [2.45, 2.75) is 18.9 Å². The molecule has 1 aliphatic rings. The molecule has 1 aliphatic heterocycles. The summed E-state index contributed by atoms with van der Waals surface area (Å²) in [7, 11) is 0. The van der Waals surface area contributed by atoms with E-state index in [0.717, 1.165) is 23.9 Å². The van der Waals surface area contributed by atoms with E-state index in [1.165, 1.54) is 11.8 Å². The smallest absolute Gasteiger partial charge is 0.258 e. The zero-order chi connectivity index (χ0) is 14.1. The number of amides is 1. The lowest BCUT2D eigenvalue weighted by atomic mass is 10.0. The van der Waals surface area contributed by atoms with Crippen LogP contribution in [0.15, 0.2) is 50.2 Å². The molecule has 2 aromatic rings. The monoisotopic (exact) mass is 397 g/mol. The predicted molar refractivity (Wildman–Crippen MR) is 83.6 cm³/mol. The van der Waals surface area contributed by atoms with Gasteiger partial charge in [0.2, 0.25) is 0 Å². The van der Waals surface area contributed by atoms with Crippen molar-refractivity contribution in [1.82, 2.24) is 4.90 Å². The molecule has 1 fully saturated rings. The van der Waals surface area contributed by atoms with Crippen LogP contribution in [0.2, 0.25) is 0 Å². The van der Waals surface area contributed by atoms with Gasteiger partial charge in [0.25, 0.3) is 5.91 Å². The molecule has 0 aliphatic carbocycles. The SMILES string of the molecule is O=C(c1ccoc1Br)N1CCCC1c1cccc(Br)c1. The highest BCUT2D eigenvalue weighted by Crippen LogP contribution is 2.35. The Morgan fingerprint density at radius 3 is 2.85 bits per heavy atom. The first-order valence-corrected chi connectivity index (χ1v) is 8.05. The average Bonchev–Trinajstić information content (AvgIpc) is 3.06. The Bertz CT molecular complexity index is 638. The van der Waals surface area contributed by atoms with Gasteiger partial charge in [-0.2, -0.15) is 0 Å². The number of benzene rings is 1. The van der Waals surface area contributed by atoms with Gasteiger partial charge in [0.05, 0.1) is 17.9 Å². The number of furan rings is 1. The minimum Gasteiger partial charge on any atom is -0.457 e. The quantitative estimate of drug-likeness (QED) is 0.729. The second-order valence-electron chi connectivity index (χ2n) is 4.82. The summed E-state index contributed by atoms with van der Waals surface area (Å²) in [6, 6.07) is 10.0. The van der Waals surface area contributed by atoms with Crippen LogP contribution in [0.25, 0.3) is 0 Å². The summed E-state index contributed by atoms with van der Waals surface area (Å²) in [5.74, 6) is 0.0214. The maximum atomic E-state index is 12.6. The highest BCUT2D eigenvalue weighted by atomic mass is 79.9. The Kier molecular flexibility index (Phi) is 3.98. The van der Waals surface area contributed by atoms with E-state index in [1.807, 2.05) is 17.0 Å². The van der Waals surface area contributed by atoms with Crippen molar-refractivity contribution in [1.29, 1.82) is 0 Å². The van der Waals surface area contributed by atoms with Crippen LogP contribution >= 0.6 is 31.9 Å². The van der Waals surface area contributed by atoms with Gasteiger partial charge in [0.15, 0.2) is 4.67 Å². The maximum absolute atomic E-state index is 12.6. The number of halogens is 2. The summed E-state index contributed by atoms with van der Waals surface area (Å²) in [4.78, 5) is 14.5. The van der Waals surface area contributed by atoms with Crippen LogP contribution in [0.3, 0.4) is 0 Å². The van der Waals surface area contributed by atoms with Gasteiger partial charge in [-0.3, -0.25) is 4.79 Å². The van der Waals surface area contributed by atoms with Crippen LogP contribution in [0.1, 0.15) is 34.8 Å². The molecule has 104 valence electrons. The predicted octanol–water partition coefficient (Wildman–Crippen LogP) is 4.78. The highest BCUT2D eigenvalue weighted by molar-refractivity contribution is 9.10. The zero-order valence-corrected chi connectivity index (χ0v) is 13.9. The molecule has 1 aromatic heterocycles. The molecule has 20 heavy (non-hydrogen) atoms. The number of likely N-dealkylation sites (tertiary alicyclic amines) is 1. The number of carbonyl (C=O) groups excluding carboxylic acids is 1. The van der Waals surface area contributed by atoms with Gasteiger partial charge >= 0.3 is 0 Å². The Morgan fingerprint density at radius 1 is 1.30 bits per heavy atom. The Hall–Kier alpha value is -1.07. The van der Waals surface area contributed by atoms with Crippen molar-refractivity contribution >= 4 is 37.8 Å². The number of hydrogen-bond donors (Lipinski definition) is 0. The van der Waals surface area contributed by atoms with Crippen molar-refractivity contribution in [3.8, 4) is 0 Å². The van der Waals surface area contributed by atoms with Crippen LogP contribution in [0.4, 0.5) is 0 Å². The van der Waals surface area contributed by atoms with Crippen molar-refractivity contribution in [2.75, 3.05) is 6.54 Å². The minimum absolute atomic E-state index is 0.0214. The van der Waals surface area contributed by atoms with Crippen LogP contribution in [0, 0.1) is 0 Å². The highest BCUT2D eigenvalue weighted by Gasteiger charge is 2.32. The van der Waals surface area contributed by atoms with E-state index in [0.29, 0.717) is 10.2 Å². The molecular formula is C15H13Br2NO2. The number of rotatable bonds is 2. The fourth-order valence-electron chi connectivity index (χ4n) is 2.67. The van der Waals surface area contributed by atoms with Gasteiger partial charge < -0.3 is 9.32 Å². The zero-order valence-electron chi connectivity index (χ0n) is 10.7. The first-order chi connectivity index (χ1) is 9.66. The maximum Gasteiger partial charge on any atom is 0.258 e. The molecule has 0 bridgehead atoms. The van der Waals surface area contributed by atoms with E-state index in [2.05, 4.69) is 44.0 Å². The lowest BCUT2D eigenvalue weighted by molar-refractivity contribution is 0.0733. The molecule has 0 N–H and O–H groups in total. The summed E-state index contributed by atoms with van der Waals surface area (Å²) >= 11 is 6.77. The molecule has 3 nitrogen and oxygen atoms in total. The summed E-state index contributed by atoms with van der Waals surface area (Å²) in [5.41, 5.74) is 1.76. The first kappa shape index (κ1) is 13.9. The largest absolute Gasteiger partial charge is 0.457 e. The second kappa shape index (κ2) is 5.74. The third-order valence-corrected chi connectivity index (χ3v) is 4.70. The summed E-state index contributed by atoms with van der Waals surface area (Å²) in [5, 5.41) is 0.